The molecule has 0 fully saturated rings. The molecule has 0 aliphatic heterocycles. The van der Waals surface area contributed by atoms with Crippen LogP contribution < -0.4 is 0 Å². The van der Waals surface area contributed by atoms with Crippen LogP contribution in [0.5, 0.6) is 0 Å². The van der Waals surface area contributed by atoms with Gasteiger partial charge in [0.05, 0.1) is 0 Å². The molecule has 0 saturated carbocycles. The second-order valence-electron chi connectivity index (χ2n) is 12.3. The number of aliphatic carboxylic acids is 1. The Hall–Kier alpha value is -1.35. The molecule has 1 atom stereocenters. The minimum absolute atomic E-state index is 0.343. The molecule has 0 amide bonds. The smallest absolute Gasteiger partial charge is 0.303 e. The Morgan fingerprint density at radius 1 is 0.600 bits per heavy atom. The van der Waals surface area contributed by atoms with Gasteiger partial charge in [0.2, 0.25) is 0 Å². The molecular weight excluding hydrogens is 490 g/mol. The van der Waals surface area contributed by atoms with Crippen LogP contribution in [0.4, 0.5) is 0 Å². The van der Waals surface area contributed by atoms with Crippen molar-refractivity contribution in [2.75, 3.05) is 14.1 Å². The van der Waals surface area contributed by atoms with Gasteiger partial charge in [0.25, 0.3) is 0 Å². The summed E-state index contributed by atoms with van der Waals surface area (Å²) in [5, 5.41) is 8.41. The summed E-state index contributed by atoms with van der Waals surface area (Å²) in [6.07, 6.45) is 32.7. The summed E-state index contributed by atoms with van der Waals surface area (Å²) in [7, 11) is 4.46. The summed E-state index contributed by atoms with van der Waals surface area (Å²) in [6.45, 7) is 4.52. The van der Waals surface area contributed by atoms with E-state index in [-0.39, 0.29) is 0 Å². The van der Waals surface area contributed by atoms with Gasteiger partial charge in [-0.3, -0.25) is 4.79 Å². The van der Waals surface area contributed by atoms with E-state index in [1.165, 1.54) is 147 Å². The van der Waals surface area contributed by atoms with Gasteiger partial charge in [-0.1, -0.05) is 179 Å². The molecular formula is C37H69NO2. The van der Waals surface area contributed by atoms with Crippen molar-refractivity contribution in [2.45, 2.75) is 180 Å². The number of likely N-dealkylation sites (N-methyl/N-ethyl adjacent to an activating group) is 1. The number of unbranched alkanes of at least 4 members (excludes halogenated alkanes) is 20. The normalized spacial score (nSPS) is 11.8. The second-order valence-corrected chi connectivity index (χ2v) is 12.3. The van der Waals surface area contributed by atoms with Crippen LogP contribution in [0.2, 0.25) is 0 Å². The number of rotatable bonds is 27. The zero-order valence-corrected chi connectivity index (χ0v) is 27.4. The first-order chi connectivity index (χ1) is 19.5. The summed E-state index contributed by atoms with van der Waals surface area (Å²) < 4.78 is 0. The maximum Gasteiger partial charge on any atom is 0.303 e. The summed E-state index contributed by atoms with van der Waals surface area (Å²) in [5.41, 5.74) is 1.47. The third-order valence-electron chi connectivity index (χ3n) is 8.18. The molecule has 1 aromatic rings. The SMILES string of the molecule is CCCCCCCCCCCC(=O)O.CCCCCCCCCCCCCCCC(Cc1ccccc1)N(C)C. The Kier molecular flexibility index (Phi) is 29.6. The third-order valence-corrected chi connectivity index (χ3v) is 8.18. The Balaban J connectivity index is 0.000000919. The van der Waals surface area contributed by atoms with Crippen LogP contribution in [0.1, 0.15) is 174 Å². The largest absolute Gasteiger partial charge is 0.481 e. The number of carboxylic acid groups (broad SMARTS) is 1. The van der Waals surface area contributed by atoms with Crippen LogP contribution in [-0.4, -0.2) is 36.1 Å². The molecule has 1 aromatic carbocycles. The lowest BCUT2D eigenvalue weighted by Crippen LogP contribution is -2.30. The van der Waals surface area contributed by atoms with Gasteiger partial charge in [0.1, 0.15) is 0 Å². The Morgan fingerprint density at radius 3 is 1.35 bits per heavy atom. The monoisotopic (exact) mass is 560 g/mol. The second kappa shape index (κ2) is 30.6. The number of hydrogen-bond donors (Lipinski definition) is 1. The third kappa shape index (κ3) is 28.2. The van der Waals surface area contributed by atoms with E-state index >= 15 is 0 Å². The fraction of sp³-hybridized carbons (Fsp3) is 0.811. The van der Waals surface area contributed by atoms with Crippen LogP contribution in [0.25, 0.3) is 0 Å². The molecule has 40 heavy (non-hydrogen) atoms. The van der Waals surface area contributed by atoms with Crippen molar-refractivity contribution in [3.63, 3.8) is 0 Å². The lowest BCUT2D eigenvalue weighted by atomic mass is 9.98. The molecule has 3 nitrogen and oxygen atoms in total. The standard InChI is InChI=1S/C25H45N.C12H24O2/c1-4-5-6-7-8-9-10-11-12-13-14-15-19-22-25(26(2)3)23-24-20-17-16-18-21-24;1-2-3-4-5-6-7-8-9-10-11-12(13)14/h16-18,20-21,25H,4-15,19,22-23H2,1-3H3;2-11H2,1H3,(H,13,14). The first kappa shape index (κ1) is 38.6. The minimum atomic E-state index is -0.659. The van der Waals surface area contributed by atoms with Crippen LogP contribution >= 0.6 is 0 Å². The number of hydrogen-bond acceptors (Lipinski definition) is 2. The van der Waals surface area contributed by atoms with Crippen molar-refractivity contribution in [3.8, 4) is 0 Å². The minimum Gasteiger partial charge on any atom is -0.481 e. The predicted octanol–water partition coefficient (Wildman–Crippen LogP) is 11.6. The molecule has 0 aliphatic carbocycles. The van der Waals surface area contributed by atoms with E-state index in [1.54, 1.807) is 0 Å². The van der Waals surface area contributed by atoms with Gasteiger partial charge >= 0.3 is 5.97 Å². The van der Waals surface area contributed by atoms with Gasteiger partial charge in [-0.05, 0) is 38.9 Å². The van der Waals surface area contributed by atoms with E-state index in [0.29, 0.717) is 12.5 Å². The molecule has 0 bridgehead atoms. The lowest BCUT2D eigenvalue weighted by molar-refractivity contribution is -0.137. The van der Waals surface area contributed by atoms with Crippen LogP contribution in [0, 0.1) is 0 Å². The molecule has 0 spiro atoms. The van der Waals surface area contributed by atoms with Gasteiger partial charge in [-0.25, -0.2) is 0 Å². The fourth-order valence-electron chi connectivity index (χ4n) is 5.41. The van der Waals surface area contributed by atoms with Crippen molar-refractivity contribution in [2.24, 2.45) is 0 Å². The van der Waals surface area contributed by atoms with Crippen molar-refractivity contribution in [3.05, 3.63) is 35.9 Å². The van der Waals surface area contributed by atoms with E-state index in [2.05, 4.69) is 63.2 Å². The van der Waals surface area contributed by atoms with Crippen LogP contribution in [-0.2, 0) is 11.2 Å². The van der Waals surface area contributed by atoms with Crippen molar-refractivity contribution < 1.29 is 9.90 Å². The average Bonchev–Trinajstić information content (AvgIpc) is 2.94. The molecule has 3 heteroatoms. The Bertz CT molecular complexity index is 630. The average molecular weight is 560 g/mol. The molecule has 1 rings (SSSR count). The molecule has 234 valence electrons. The highest BCUT2D eigenvalue weighted by atomic mass is 16.4. The van der Waals surface area contributed by atoms with Crippen molar-refractivity contribution in [1.29, 1.82) is 0 Å². The van der Waals surface area contributed by atoms with Gasteiger partial charge < -0.3 is 10.0 Å². The van der Waals surface area contributed by atoms with Gasteiger partial charge in [0, 0.05) is 12.5 Å². The van der Waals surface area contributed by atoms with E-state index in [9.17, 15) is 4.79 Å². The number of carboxylic acids is 1. The Labute approximate surface area is 250 Å². The summed E-state index contributed by atoms with van der Waals surface area (Å²) in [4.78, 5) is 12.6. The van der Waals surface area contributed by atoms with Crippen molar-refractivity contribution >= 4 is 5.97 Å². The topological polar surface area (TPSA) is 40.5 Å². The van der Waals surface area contributed by atoms with E-state index < -0.39 is 5.97 Å². The van der Waals surface area contributed by atoms with E-state index in [4.69, 9.17) is 5.11 Å². The molecule has 0 radical (unpaired) electrons. The highest BCUT2D eigenvalue weighted by molar-refractivity contribution is 5.66. The molecule has 0 saturated heterocycles. The molecule has 0 aromatic heterocycles. The first-order valence-electron chi connectivity index (χ1n) is 17.4. The van der Waals surface area contributed by atoms with Gasteiger partial charge in [0.15, 0.2) is 0 Å². The maximum absolute atomic E-state index is 10.2. The molecule has 1 unspecified atom stereocenters. The summed E-state index contributed by atoms with van der Waals surface area (Å²) >= 11 is 0. The summed E-state index contributed by atoms with van der Waals surface area (Å²) in [6, 6.07) is 11.6. The molecule has 0 aliphatic rings. The Morgan fingerprint density at radius 2 is 0.975 bits per heavy atom. The molecule has 0 heterocycles. The summed E-state index contributed by atoms with van der Waals surface area (Å²) in [5.74, 6) is -0.659. The predicted molar refractivity (Wildman–Crippen MR) is 177 cm³/mol. The number of nitrogens with zero attached hydrogens (tertiary/aromatic N) is 1. The van der Waals surface area contributed by atoms with E-state index in [1.807, 2.05) is 0 Å². The number of carbonyl (C=O) groups is 1. The highest BCUT2D eigenvalue weighted by Gasteiger charge is 2.11. The lowest BCUT2D eigenvalue weighted by Gasteiger charge is -2.24. The van der Waals surface area contributed by atoms with Crippen LogP contribution in [0.3, 0.4) is 0 Å². The highest BCUT2D eigenvalue weighted by Crippen LogP contribution is 2.16. The quantitative estimate of drug-likeness (QED) is 0.109. The van der Waals surface area contributed by atoms with Gasteiger partial charge in [-0.15, -0.1) is 0 Å². The fourth-order valence-corrected chi connectivity index (χ4v) is 5.41. The van der Waals surface area contributed by atoms with E-state index in [0.717, 1.165) is 12.8 Å². The van der Waals surface area contributed by atoms with Crippen LogP contribution in [0.15, 0.2) is 30.3 Å². The van der Waals surface area contributed by atoms with Gasteiger partial charge in [-0.2, -0.15) is 0 Å². The number of benzene rings is 1. The zero-order valence-electron chi connectivity index (χ0n) is 27.4. The maximum atomic E-state index is 10.2. The first-order valence-corrected chi connectivity index (χ1v) is 17.4. The van der Waals surface area contributed by atoms with Crippen molar-refractivity contribution in [1.82, 2.24) is 4.90 Å². The molecule has 1 N–H and O–H groups in total. The zero-order chi connectivity index (χ0) is 29.5.